The van der Waals surface area contributed by atoms with Gasteiger partial charge in [0.25, 0.3) is 5.56 Å². The number of rotatable bonds is 8. The Morgan fingerprint density at radius 2 is 2.00 bits per heavy atom. The molecule has 0 radical (unpaired) electrons. The van der Waals surface area contributed by atoms with Crippen molar-refractivity contribution in [3.63, 3.8) is 0 Å². The second-order valence-electron chi connectivity index (χ2n) is 7.18. The number of halogens is 2. The largest absolute Gasteiger partial charge is 0.325 e. The van der Waals surface area contributed by atoms with Crippen LogP contribution in [0.2, 0.25) is 10.0 Å². The summed E-state index contributed by atoms with van der Waals surface area (Å²) in [6.45, 7) is 5.13. The Kier molecular flexibility index (Phi) is 7.48. The van der Waals surface area contributed by atoms with Crippen LogP contribution >= 0.6 is 23.2 Å². The molecular weight excluding hydrogens is 423 g/mol. The lowest BCUT2D eigenvalue weighted by Crippen LogP contribution is -2.36. The van der Waals surface area contributed by atoms with Gasteiger partial charge in [-0.1, -0.05) is 42.3 Å². The minimum atomic E-state index is -0.160. The molecule has 0 spiro atoms. The maximum Gasteiger partial charge on any atom is 0.258 e. The van der Waals surface area contributed by atoms with Crippen molar-refractivity contribution < 1.29 is 4.79 Å². The van der Waals surface area contributed by atoms with Crippen molar-refractivity contribution in [2.75, 3.05) is 11.9 Å². The molecule has 1 atom stereocenters. The zero-order valence-corrected chi connectivity index (χ0v) is 18.4. The number of carbonyl (C=O) groups excluding carboxylic acids is 1. The van der Waals surface area contributed by atoms with Crippen LogP contribution in [0, 0.1) is 0 Å². The van der Waals surface area contributed by atoms with Crippen molar-refractivity contribution in [2.24, 2.45) is 0 Å². The molecule has 30 heavy (non-hydrogen) atoms. The average molecular weight is 447 g/mol. The number of nitrogens with zero attached hydrogens (tertiary/aromatic N) is 2. The van der Waals surface area contributed by atoms with Crippen molar-refractivity contribution >= 4 is 45.7 Å². The van der Waals surface area contributed by atoms with E-state index in [4.69, 9.17) is 23.2 Å². The van der Waals surface area contributed by atoms with Gasteiger partial charge in [-0.3, -0.25) is 14.5 Å². The summed E-state index contributed by atoms with van der Waals surface area (Å²) >= 11 is 12.1. The van der Waals surface area contributed by atoms with Crippen LogP contribution in [0.25, 0.3) is 10.9 Å². The third-order valence-corrected chi connectivity index (χ3v) is 5.62. The fourth-order valence-corrected chi connectivity index (χ4v) is 3.50. The van der Waals surface area contributed by atoms with Gasteiger partial charge in [0.05, 0.1) is 28.2 Å². The van der Waals surface area contributed by atoms with E-state index in [1.54, 1.807) is 24.3 Å². The monoisotopic (exact) mass is 446 g/mol. The fraction of sp³-hybridized carbons (Fsp3) is 0.318. The minimum Gasteiger partial charge on any atom is -0.325 e. The van der Waals surface area contributed by atoms with Crippen LogP contribution in [0.3, 0.4) is 0 Å². The van der Waals surface area contributed by atoms with Crippen LogP contribution < -0.4 is 10.9 Å². The zero-order chi connectivity index (χ0) is 21.7. The van der Waals surface area contributed by atoms with Gasteiger partial charge >= 0.3 is 0 Å². The second kappa shape index (κ2) is 10.1. The maximum atomic E-state index is 12.5. The molecule has 158 valence electrons. The van der Waals surface area contributed by atoms with Crippen LogP contribution in [0.4, 0.5) is 5.69 Å². The van der Waals surface area contributed by atoms with Gasteiger partial charge < -0.3 is 10.3 Å². The highest BCUT2D eigenvalue weighted by molar-refractivity contribution is 6.35. The van der Waals surface area contributed by atoms with Crippen molar-refractivity contribution in [2.45, 2.75) is 39.3 Å². The van der Waals surface area contributed by atoms with E-state index in [-0.39, 0.29) is 23.9 Å². The number of para-hydroxylation sites is 1. The third-order valence-electron chi connectivity index (χ3n) is 5.06. The van der Waals surface area contributed by atoms with Gasteiger partial charge in [-0.15, -0.1) is 0 Å². The summed E-state index contributed by atoms with van der Waals surface area (Å²) in [5.74, 6) is 0.421. The van der Waals surface area contributed by atoms with Gasteiger partial charge in [-0.25, -0.2) is 4.98 Å². The van der Waals surface area contributed by atoms with Gasteiger partial charge in [-0.05, 0) is 43.7 Å². The number of hydrogen-bond donors (Lipinski definition) is 2. The molecule has 1 aromatic heterocycles. The van der Waals surface area contributed by atoms with Gasteiger partial charge in [0, 0.05) is 24.0 Å². The topological polar surface area (TPSA) is 78.1 Å². The third kappa shape index (κ3) is 5.59. The summed E-state index contributed by atoms with van der Waals surface area (Å²) in [6, 6.07) is 12.4. The van der Waals surface area contributed by atoms with E-state index in [9.17, 15) is 9.59 Å². The molecule has 3 rings (SSSR count). The van der Waals surface area contributed by atoms with Crippen LogP contribution in [0.5, 0.6) is 0 Å². The fourth-order valence-electron chi connectivity index (χ4n) is 3.17. The van der Waals surface area contributed by atoms with E-state index < -0.39 is 0 Å². The smallest absolute Gasteiger partial charge is 0.258 e. The van der Waals surface area contributed by atoms with Gasteiger partial charge in [-0.2, -0.15) is 0 Å². The molecular formula is C22H24Cl2N4O2. The molecule has 1 heterocycles. The van der Waals surface area contributed by atoms with Crippen molar-refractivity contribution in [3.05, 3.63) is 68.7 Å². The Balaban J connectivity index is 1.70. The number of amides is 1. The predicted molar refractivity (Wildman–Crippen MR) is 122 cm³/mol. The number of carbonyl (C=O) groups is 1. The molecule has 0 aliphatic carbocycles. The lowest BCUT2D eigenvalue weighted by molar-refractivity contribution is -0.116. The number of H-pyrrole nitrogens is 1. The Bertz CT molecular complexity index is 1100. The summed E-state index contributed by atoms with van der Waals surface area (Å²) in [7, 11) is 0. The predicted octanol–water partition coefficient (Wildman–Crippen LogP) is 4.86. The first-order valence-electron chi connectivity index (χ1n) is 9.84. The van der Waals surface area contributed by atoms with E-state index in [1.165, 1.54) is 0 Å². The molecule has 3 aromatic rings. The quantitative estimate of drug-likeness (QED) is 0.517. The number of fused-ring (bicyclic) bond motifs is 1. The summed E-state index contributed by atoms with van der Waals surface area (Å²) in [6.07, 6.45) is 1.17. The molecule has 0 aliphatic heterocycles. The molecule has 0 fully saturated rings. The van der Waals surface area contributed by atoms with E-state index in [0.717, 1.165) is 6.42 Å². The molecule has 8 heteroatoms. The Hall–Kier alpha value is -2.41. The first kappa shape index (κ1) is 22.3. The summed E-state index contributed by atoms with van der Waals surface area (Å²) in [5.41, 5.74) is 0.992. The second-order valence-corrected chi connectivity index (χ2v) is 8.02. The minimum absolute atomic E-state index is 0.159. The van der Waals surface area contributed by atoms with Crippen LogP contribution in [0.1, 0.15) is 32.5 Å². The van der Waals surface area contributed by atoms with Crippen LogP contribution in [-0.2, 0) is 11.3 Å². The molecule has 0 saturated heterocycles. The highest BCUT2D eigenvalue weighted by atomic mass is 35.5. The first-order valence-corrected chi connectivity index (χ1v) is 10.6. The van der Waals surface area contributed by atoms with Crippen LogP contribution in [-0.4, -0.2) is 33.4 Å². The molecule has 2 N–H and O–H groups in total. The van der Waals surface area contributed by atoms with E-state index >= 15 is 0 Å². The van der Waals surface area contributed by atoms with E-state index in [2.05, 4.69) is 34.0 Å². The number of benzene rings is 2. The molecule has 2 aromatic carbocycles. The number of aromatic nitrogens is 2. The van der Waals surface area contributed by atoms with Crippen molar-refractivity contribution in [1.82, 2.24) is 14.9 Å². The lowest BCUT2D eigenvalue weighted by atomic mass is 10.2. The molecule has 0 bridgehead atoms. The Morgan fingerprint density at radius 3 is 2.77 bits per heavy atom. The lowest BCUT2D eigenvalue weighted by Gasteiger charge is -2.27. The molecule has 1 unspecified atom stereocenters. The molecule has 6 nitrogen and oxygen atoms in total. The summed E-state index contributed by atoms with van der Waals surface area (Å²) in [4.78, 5) is 34.4. The van der Waals surface area contributed by atoms with Gasteiger partial charge in [0.2, 0.25) is 5.91 Å². The van der Waals surface area contributed by atoms with Gasteiger partial charge in [0.1, 0.15) is 5.82 Å². The summed E-state index contributed by atoms with van der Waals surface area (Å²) in [5, 5.41) is 4.31. The summed E-state index contributed by atoms with van der Waals surface area (Å²) < 4.78 is 0. The number of anilines is 1. The van der Waals surface area contributed by atoms with Crippen molar-refractivity contribution in [3.8, 4) is 0 Å². The average Bonchev–Trinajstić information content (AvgIpc) is 2.73. The molecule has 1 amide bonds. The Labute approximate surface area is 185 Å². The van der Waals surface area contributed by atoms with E-state index in [0.29, 0.717) is 45.5 Å². The van der Waals surface area contributed by atoms with Gasteiger partial charge in [0.15, 0.2) is 0 Å². The van der Waals surface area contributed by atoms with Crippen molar-refractivity contribution in [1.29, 1.82) is 0 Å². The highest BCUT2D eigenvalue weighted by Crippen LogP contribution is 2.25. The zero-order valence-electron chi connectivity index (χ0n) is 16.9. The molecule has 0 aliphatic rings. The number of aromatic amines is 1. The highest BCUT2D eigenvalue weighted by Gasteiger charge is 2.17. The normalized spacial score (nSPS) is 12.3. The Morgan fingerprint density at radius 1 is 1.23 bits per heavy atom. The van der Waals surface area contributed by atoms with E-state index in [1.807, 2.05) is 18.2 Å². The number of hydrogen-bond acceptors (Lipinski definition) is 4. The maximum absolute atomic E-state index is 12.5. The van der Waals surface area contributed by atoms with Crippen LogP contribution in [0.15, 0.2) is 47.3 Å². The first-order chi connectivity index (χ1) is 14.4. The standard InChI is InChI=1S/C22H24Cl2N4O2/c1-3-14(2)28(11-10-21(29)26-19-12-15(23)8-9-17(19)24)13-20-25-18-7-5-4-6-16(18)22(30)27-20/h4-9,12,14H,3,10-11,13H2,1-2H3,(H,26,29)(H,25,27,30). The number of nitrogens with one attached hydrogen (secondary N) is 2. The SMILES string of the molecule is CCC(C)N(CCC(=O)Nc1cc(Cl)ccc1Cl)Cc1nc2ccccc2c(=O)[nH]1. The molecule has 0 saturated carbocycles.